The first-order valence-electron chi connectivity index (χ1n) is 7.27. The summed E-state index contributed by atoms with van der Waals surface area (Å²) in [5.74, 6) is -0.702. The molecule has 1 aliphatic rings. The van der Waals surface area contributed by atoms with Gasteiger partial charge in [0.05, 0.1) is 5.41 Å². The second kappa shape index (κ2) is 6.57. The molecule has 1 aromatic rings. The Balaban J connectivity index is 1.98. The van der Waals surface area contributed by atoms with Crippen LogP contribution in [0.5, 0.6) is 5.75 Å². The molecule has 1 fully saturated rings. The Hall–Kier alpha value is -1.75. The van der Waals surface area contributed by atoms with E-state index in [0.29, 0.717) is 23.6 Å². The van der Waals surface area contributed by atoms with Gasteiger partial charge in [0.15, 0.2) is 6.10 Å². The predicted octanol–water partition coefficient (Wildman–Crippen LogP) is 2.72. The molecule has 2 rings (SSSR count). The van der Waals surface area contributed by atoms with Gasteiger partial charge in [0.2, 0.25) is 0 Å². The fraction of sp³-hybridized carbons (Fsp3) is 0.500. The quantitative estimate of drug-likeness (QED) is 0.808. The molecule has 6 heteroatoms. The highest BCUT2D eigenvalue weighted by Gasteiger charge is 2.50. The summed E-state index contributed by atoms with van der Waals surface area (Å²) in [6.45, 7) is 3.89. The van der Waals surface area contributed by atoms with Crippen molar-refractivity contribution in [3.63, 3.8) is 0 Å². The van der Waals surface area contributed by atoms with Crippen LogP contribution >= 0.6 is 11.6 Å². The van der Waals surface area contributed by atoms with Gasteiger partial charge in [-0.05, 0) is 37.0 Å². The largest absolute Gasteiger partial charge is 0.481 e. The predicted molar refractivity (Wildman–Crippen MR) is 83.0 cm³/mol. The van der Waals surface area contributed by atoms with E-state index in [0.717, 1.165) is 0 Å². The second-order valence-electron chi connectivity index (χ2n) is 6.04. The molecular weight excluding hydrogens is 306 g/mol. The lowest BCUT2D eigenvalue weighted by Crippen LogP contribution is -2.44. The number of nitrogens with one attached hydrogen (secondary N) is 1. The first-order chi connectivity index (χ1) is 10.3. The molecule has 2 N–H and O–H groups in total. The normalized spacial score (nSPS) is 16.9. The van der Waals surface area contributed by atoms with E-state index in [1.165, 1.54) is 0 Å². The third-order valence-electron chi connectivity index (χ3n) is 3.83. The van der Waals surface area contributed by atoms with E-state index < -0.39 is 17.5 Å². The molecule has 0 heterocycles. The van der Waals surface area contributed by atoms with Crippen LogP contribution < -0.4 is 10.1 Å². The summed E-state index contributed by atoms with van der Waals surface area (Å²) >= 11 is 5.91. The third-order valence-corrected chi connectivity index (χ3v) is 4.07. The van der Waals surface area contributed by atoms with Crippen molar-refractivity contribution in [2.75, 3.05) is 6.54 Å². The van der Waals surface area contributed by atoms with Crippen LogP contribution in [0.3, 0.4) is 0 Å². The Kier molecular flexibility index (Phi) is 4.96. The lowest BCUT2D eigenvalue weighted by Gasteiger charge is -2.23. The number of hydrogen-bond donors (Lipinski definition) is 2. The number of amides is 1. The van der Waals surface area contributed by atoms with Gasteiger partial charge in [0.1, 0.15) is 5.75 Å². The van der Waals surface area contributed by atoms with E-state index in [1.54, 1.807) is 24.3 Å². The molecule has 0 radical (unpaired) electrons. The monoisotopic (exact) mass is 325 g/mol. The van der Waals surface area contributed by atoms with Crippen molar-refractivity contribution in [3.05, 3.63) is 29.3 Å². The molecule has 5 nitrogen and oxygen atoms in total. The number of ether oxygens (including phenoxy) is 1. The third kappa shape index (κ3) is 3.91. The Morgan fingerprint density at radius 3 is 2.59 bits per heavy atom. The smallest absolute Gasteiger partial charge is 0.311 e. The number of carboxylic acid groups (broad SMARTS) is 1. The van der Waals surface area contributed by atoms with Crippen molar-refractivity contribution < 1.29 is 19.4 Å². The van der Waals surface area contributed by atoms with Crippen molar-refractivity contribution in [1.29, 1.82) is 0 Å². The summed E-state index contributed by atoms with van der Waals surface area (Å²) in [4.78, 5) is 23.4. The average Bonchev–Trinajstić information content (AvgIpc) is 3.23. The van der Waals surface area contributed by atoms with Crippen LogP contribution in [0.4, 0.5) is 0 Å². The molecule has 0 bridgehead atoms. The molecule has 1 aliphatic carbocycles. The van der Waals surface area contributed by atoms with E-state index in [2.05, 4.69) is 5.32 Å². The van der Waals surface area contributed by atoms with Crippen LogP contribution in [0.1, 0.15) is 26.7 Å². The van der Waals surface area contributed by atoms with Crippen molar-refractivity contribution >= 4 is 23.5 Å². The number of benzene rings is 1. The number of carbonyl (C=O) groups excluding carboxylic acids is 1. The van der Waals surface area contributed by atoms with Gasteiger partial charge in [-0.2, -0.15) is 0 Å². The zero-order valence-corrected chi connectivity index (χ0v) is 13.4. The molecule has 120 valence electrons. The van der Waals surface area contributed by atoms with E-state index in [4.69, 9.17) is 21.4 Å². The zero-order valence-electron chi connectivity index (χ0n) is 12.6. The summed E-state index contributed by atoms with van der Waals surface area (Å²) in [6.07, 6.45) is 0.511. The molecule has 0 aliphatic heterocycles. The van der Waals surface area contributed by atoms with E-state index in [9.17, 15) is 9.59 Å². The Morgan fingerprint density at radius 2 is 2.09 bits per heavy atom. The maximum absolute atomic E-state index is 12.3. The lowest BCUT2D eigenvalue weighted by atomic mass is 10.0. The highest BCUT2D eigenvalue weighted by atomic mass is 35.5. The Morgan fingerprint density at radius 1 is 1.41 bits per heavy atom. The molecule has 22 heavy (non-hydrogen) atoms. The summed E-state index contributed by atoms with van der Waals surface area (Å²) in [7, 11) is 0. The minimum absolute atomic E-state index is 0.0565. The van der Waals surface area contributed by atoms with Crippen LogP contribution in [0, 0.1) is 11.3 Å². The number of hydrogen-bond acceptors (Lipinski definition) is 3. The van der Waals surface area contributed by atoms with Crippen molar-refractivity contribution in [3.8, 4) is 5.75 Å². The molecule has 1 aromatic carbocycles. The number of carbonyl (C=O) groups is 2. The van der Waals surface area contributed by atoms with Crippen LogP contribution in [0.2, 0.25) is 5.02 Å². The molecule has 1 saturated carbocycles. The summed E-state index contributed by atoms with van der Waals surface area (Å²) in [6, 6.07) is 6.84. The maximum Gasteiger partial charge on any atom is 0.311 e. The lowest BCUT2D eigenvalue weighted by molar-refractivity contribution is -0.143. The summed E-state index contributed by atoms with van der Waals surface area (Å²) < 4.78 is 5.72. The second-order valence-corrected chi connectivity index (χ2v) is 6.48. The van der Waals surface area contributed by atoms with Crippen molar-refractivity contribution in [2.24, 2.45) is 11.3 Å². The highest BCUT2D eigenvalue weighted by molar-refractivity contribution is 6.30. The molecule has 0 saturated heterocycles. The first kappa shape index (κ1) is 16.6. The van der Waals surface area contributed by atoms with Gasteiger partial charge >= 0.3 is 5.97 Å². The first-order valence-corrected chi connectivity index (χ1v) is 7.65. The number of aliphatic carboxylic acids is 1. The highest BCUT2D eigenvalue weighted by Crippen LogP contribution is 2.45. The molecule has 1 atom stereocenters. The molecule has 0 spiro atoms. The zero-order chi connectivity index (χ0) is 16.3. The minimum atomic E-state index is -0.857. The molecule has 1 amide bonds. The van der Waals surface area contributed by atoms with Gasteiger partial charge in [-0.3, -0.25) is 9.59 Å². The number of rotatable bonds is 7. The summed E-state index contributed by atoms with van der Waals surface area (Å²) in [5, 5.41) is 12.4. The van der Waals surface area contributed by atoms with Gasteiger partial charge in [0, 0.05) is 11.6 Å². The average molecular weight is 326 g/mol. The van der Waals surface area contributed by atoms with Gasteiger partial charge < -0.3 is 15.2 Å². The fourth-order valence-corrected chi connectivity index (χ4v) is 2.33. The number of halogens is 1. The standard InChI is InChI=1S/C16H20ClNO4/c1-10(2)13(22-12-5-3-4-11(17)8-12)14(19)18-9-16(6-7-16)15(20)21/h3-5,8,10,13H,6-7,9H2,1-2H3,(H,18,19)(H,20,21). The molecular formula is C16H20ClNO4. The van der Waals surface area contributed by atoms with Gasteiger partial charge in [-0.25, -0.2) is 0 Å². The van der Waals surface area contributed by atoms with Crippen molar-refractivity contribution in [2.45, 2.75) is 32.8 Å². The minimum Gasteiger partial charge on any atom is -0.481 e. The van der Waals surface area contributed by atoms with Crippen LogP contribution in [-0.4, -0.2) is 29.6 Å². The van der Waals surface area contributed by atoms with E-state index in [-0.39, 0.29) is 18.4 Å². The maximum atomic E-state index is 12.3. The Labute approximate surface area is 134 Å². The van der Waals surface area contributed by atoms with Gasteiger partial charge in [-0.15, -0.1) is 0 Å². The topological polar surface area (TPSA) is 75.6 Å². The van der Waals surface area contributed by atoms with E-state index in [1.807, 2.05) is 13.8 Å². The van der Waals surface area contributed by atoms with E-state index >= 15 is 0 Å². The SMILES string of the molecule is CC(C)C(Oc1cccc(Cl)c1)C(=O)NCC1(C(=O)O)CC1. The molecule has 0 aromatic heterocycles. The Bertz CT molecular complexity index is 569. The summed E-state index contributed by atoms with van der Waals surface area (Å²) in [5.41, 5.74) is -0.784. The van der Waals surface area contributed by atoms with Crippen molar-refractivity contribution in [1.82, 2.24) is 5.32 Å². The molecule has 1 unspecified atom stereocenters. The van der Waals surface area contributed by atoms with Gasteiger partial charge in [0.25, 0.3) is 5.91 Å². The fourth-order valence-electron chi connectivity index (χ4n) is 2.15. The van der Waals surface area contributed by atoms with Crippen LogP contribution in [0.15, 0.2) is 24.3 Å². The number of carboxylic acids is 1. The van der Waals surface area contributed by atoms with Gasteiger partial charge in [-0.1, -0.05) is 31.5 Å². The van der Waals surface area contributed by atoms with Crippen LogP contribution in [-0.2, 0) is 9.59 Å². The van der Waals surface area contributed by atoms with Crippen LogP contribution in [0.25, 0.3) is 0 Å².